The van der Waals surface area contributed by atoms with Gasteiger partial charge in [0.1, 0.15) is 11.8 Å². The van der Waals surface area contributed by atoms with Gasteiger partial charge in [-0.15, -0.1) is 0 Å². The molecule has 0 aromatic heterocycles. The van der Waals surface area contributed by atoms with Gasteiger partial charge in [-0.25, -0.2) is 8.42 Å². The molecule has 9 nitrogen and oxygen atoms in total. The normalized spacial score (nSPS) is 21.2. The molecular weight excluding hydrogens is 576 g/mol. The standard InChI is InChI=1S/C31H43ClN4O5S/c1-18-11-19(2)28(20(3)12-18)42(39,40)35-17-31(7,8)36(29(38)25(35)15-27(33)37)24-9-10-41-26-13-21(16-34-30(4,5)6)23(32)14-22(24)26/h11-14,24-25,34H,9-10,15-17H2,1-8H3,(H2,33,37)/t24-,25?/m1/s1. The number of ether oxygens (including phenoxy) is 1. The van der Waals surface area contributed by atoms with Crippen LogP contribution in [-0.4, -0.2) is 59.7 Å². The van der Waals surface area contributed by atoms with Gasteiger partial charge >= 0.3 is 0 Å². The van der Waals surface area contributed by atoms with Gasteiger partial charge < -0.3 is 20.7 Å². The predicted octanol–water partition coefficient (Wildman–Crippen LogP) is 4.53. The fourth-order valence-electron chi connectivity index (χ4n) is 6.24. The van der Waals surface area contributed by atoms with Gasteiger partial charge in [-0.05, 0) is 84.2 Å². The first kappa shape index (κ1) is 32.3. The van der Waals surface area contributed by atoms with Crippen LogP contribution in [0.25, 0.3) is 0 Å². The number of nitrogens with zero attached hydrogens (tertiary/aromatic N) is 2. The van der Waals surface area contributed by atoms with Crippen LogP contribution in [0.1, 0.15) is 81.3 Å². The molecule has 0 saturated carbocycles. The van der Waals surface area contributed by atoms with E-state index < -0.39 is 45.9 Å². The number of amides is 2. The molecule has 42 heavy (non-hydrogen) atoms. The highest BCUT2D eigenvalue weighted by Crippen LogP contribution is 2.45. The van der Waals surface area contributed by atoms with Crippen LogP contribution in [0.15, 0.2) is 29.2 Å². The summed E-state index contributed by atoms with van der Waals surface area (Å²) in [4.78, 5) is 28.5. The summed E-state index contributed by atoms with van der Waals surface area (Å²) in [5.74, 6) is -0.585. The minimum atomic E-state index is -4.16. The first-order chi connectivity index (χ1) is 19.3. The highest BCUT2D eigenvalue weighted by Gasteiger charge is 2.53. The number of nitrogens with two attached hydrogens (primary N) is 1. The van der Waals surface area contributed by atoms with Crippen LogP contribution in [0, 0.1) is 20.8 Å². The molecule has 2 aromatic rings. The van der Waals surface area contributed by atoms with Crippen molar-refractivity contribution in [3.63, 3.8) is 0 Å². The third-order valence-electron chi connectivity index (χ3n) is 7.94. The fraction of sp³-hybridized carbons (Fsp3) is 0.548. The molecule has 2 atom stereocenters. The number of fused-ring (bicyclic) bond motifs is 1. The van der Waals surface area contributed by atoms with Crippen molar-refractivity contribution in [2.45, 2.75) is 103 Å². The van der Waals surface area contributed by atoms with Gasteiger partial charge in [0.05, 0.1) is 29.5 Å². The molecule has 1 unspecified atom stereocenters. The number of hydrogen-bond donors (Lipinski definition) is 2. The van der Waals surface area contributed by atoms with Crippen molar-refractivity contribution in [3.8, 4) is 5.75 Å². The van der Waals surface area contributed by atoms with E-state index in [2.05, 4.69) is 26.1 Å². The van der Waals surface area contributed by atoms with Gasteiger partial charge in [0.25, 0.3) is 0 Å². The predicted molar refractivity (Wildman–Crippen MR) is 164 cm³/mol. The van der Waals surface area contributed by atoms with Crippen LogP contribution in [0.2, 0.25) is 5.02 Å². The van der Waals surface area contributed by atoms with E-state index in [0.29, 0.717) is 41.5 Å². The molecule has 0 bridgehead atoms. The smallest absolute Gasteiger partial charge is 0.244 e. The number of halogens is 1. The number of benzene rings is 2. The Morgan fingerprint density at radius 2 is 1.76 bits per heavy atom. The van der Waals surface area contributed by atoms with Crippen LogP contribution < -0.4 is 15.8 Å². The maximum Gasteiger partial charge on any atom is 0.244 e. The van der Waals surface area contributed by atoms with Crippen LogP contribution >= 0.6 is 11.6 Å². The summed E-state index contributed by atoms with van der Waals surface area (Å²) >= 11 is 6.74. The molecule has 2 aromatic carbocycles. The Kier molecular flexibility index (Phi) is 8.79. The lowest BCUT2D eigenvalue weighted by Crippen LogP contribution is -2.68. The SMILES string of the molecule is Cc1cc(C)c(S(=O)(=O)N2CC(C)(C)N([C@@H]3CCOc4cc(CNC(C)(C)C)c(Cl)cc43)C(=O)C2CC(N)=O)c(C)c1. The van der Waals surface area contributed by atoms with Crippen LogP contribution in [-0.2, 0) is 26.2 Å². The second kappa shape index (κ2) is 11.4. The van der Waals surface area contributed by atoms with E-state index in [4.69, 9.17) is 22.1 Å². The first-order valence-corrected chi connectivity index (χ1v) is 16.1. The third-order valence-corrected chi connectivity index (χ3v) is 10.5. The summed E-state index contributed by atoms with van der Waals surface area (Å²) in [6.07, 6.45) is 0.0626. The van der Waals surface area contributed by atoms with Gasteiger partial charge in [-0.3, -0.25) is 9.59 Å². The lowest BCUT2D eigenvalue weighted by molar-refractivity contribution is -0.154. The van der Waals surface area contributed by atoms with E-state index >= 15 is 0 Å². The molecule has 0 spiro atoms. The van der Waals surface area contributed by atoms with Gasteiger partial charge in [-0.1, -0.05) is 29.3 Å². The van der Waals surface area contributed by atoms with Crippen molar-refractivity contribution in [1.29, 1.82) is 0 Å². The zero-order valence-electron chi connectivity index (χ0n) is 25.8. The Morgan fingerprint density at radius 1 is 1.14 bits per heavy atom. The summed E-state index contributed by atoms with van der Waals surface area (Å²) in [5, 5.41) is 3.98. The molecule has 2 heterocycles. The number of rotatable bonds is 7. The minimum Gasteiger partial charge on any atom is -0.493 e. The van der Waals surface area contributed by atoms with Crippen molar-refractivity contribution in [2.24, 2.45) is 5.73 Å². The second-order valence-corrected chi connectivity index (χ2v) is 15.5. The van der Waals surface area contributed by atoms with Gasteiger partial charge in [0.15, 0.2) is 0 Å². The number of carbonyl (C=O) groups is 2. The number of primary amides is 1. The summed E-state index contributed by atoms with van der Waals surface area (Å²) in [7, 11) is -4.16. The fourth-order valence-corrected chi connectivity index (χ4v) is 8.64. The number of aryl methyl sites for hydroxylation is 3. The van der Waals surface area contributed by atoms with Crippen LogP contribution in [0.3, 0.4) is 0 Å². The molecule has 2 amide bonds. The van der Waals surface area contributed by atoms with E-state index in [0.717, 1.165) is 16.7 Å². The average Bonchev–Trinajstić information content (AvgIpc) is 2.83. The van der Waals surface area contributed by atoms with Gasteiger partial charge in [0.2, 0.25) is 21.8 Å². The van der Waals surface area contributed by atoms with Crippen molar-refractivity contribution in [3.05, 3.63) is 57.1 Å². The zero-order chi connectivity index (χ0) is 31.4. The Labute approximate surface area is 254 Å². The number of nitrogens with one attached hydrogen (secondary N) is 1. The molecule has 2 aliphatic rings. The molecular formula is C31H43ClN4O5S. The van der Waals surface area contributed by atoms with Crippen molar-refractivity contribution in [1.82, 2.24) is 14.5 Å². The maximum atomic E-state index is 14.4. The highest BCUT2D eigenvalue weighted by molar-refractivity contribution is 7.89. The Balaban J connectivity index is 1.77. The van der Waals surface area contributed by atoms with E-state index in [1.54, 1.807) is 30.9 Å². The molecule has 11 heteroatoms. The zero-order valence-corrected chi connectivity index (χ0v) is 27.4. The Hall–Kier alpha value is -2.66. The Bertz CT molecular complexity index is 1490. The number of carbonyl (C=O) groups excluding carboxylic acids is 2. The molecule has 0 aliphatic carbocycles. The minimum absolute atomic E-state index is 0.0141. The summed E-state index contributed by atoms with van der Waals surface area (Å²) in [6.45, 7) is 16.2. The van der Waals surface area contributed by atoms with Crippen LogP contribution in [0.5, 0.6) is 5.75 Å². The van der Waals surface area contributed by atoms with Crippen molar-refractivity contribution < 1.29 is 22.7 Å². The van der Waals surface area contributed by atoms with Crippen molar-refractivity contribution in [2.75, 3.05) is 13.2 Å². The third kappa shape index (κ3) is 6.32. The van der Waals surface area contributed by atoms with E-state index in [1.807, 2.05) is 32.9 Å². The summed E-state index contributed by atoms with van der Waals surface area (Å²) in [5.41, 5.74) is 8.31. The van der Waals surface area contributed by atoms with E-state index in [9.17, 15) is 18.0 Å². The molecule has 3 N–H and O–H groups in total. The van der Waals surface area contributed by atoms with Crippen molar-refractivity contribution >= 4 is 33.4 Å². The van der Waals surface area contributed by atoms with E-state index in [1.165, 1.54) is 4.31 Å². The second-order valence-electron chi connectivity index (χ2n) is 13.2. The monoisotopic (exact) mass is 618 g/mol. The first-order valence-electron chi connectivity index (χ1n) is 14.2. The van der Waals surface area contributed by atoms with E-state index in [-0.39, 0.29) is 17.0 Å². The lowest BCUT2D eigenvalue weighted by Gasteiger charge is -2.53. The molecule has 230 valence electrons. The number of sulfonamides is 1. The summed E-state index contributed by atoms with van der Waals surface area (Å²) in [6, 6.07) is 5.65. The topological polar surface area (TPSA) is 122 Å². The maximum absolute atomic E-state index is 14.4. The van der Waals surface area contributed by atoms with Gasteiger partial charge in [0, 0.05) is 35.6 Å². The highest BCUT2D eigenvalue weighted by atomic mass is 35.5. The lowest BCUT2D eigenvalue weighted by atomic mass is 9.88. The summed E-state index contributed by atoms with van der Waals surface area (Å²) < 4.78 is 35.6. The number of piperazine rings is 1. The van der Waals surface area contributed by atoms with Gasteiger partial charge in [-0.2, -0.15) is 4.31 Å². The molecule has 1 saturated heterocycles. The molecule has 4 rings (SSSR count). The number of hydrogen-bond acceptors (Lipinski definition) is 6. The van der Waals surface area contributed by atoms with Crippen LogP contribution in [0.4, 0.5) is 0 Å². The quantitative estimate of drug-likeness (QED) is 0.470. The molecule has 0 radical (unpaired) electrons. The molecule has 1 fully saturated rings. The average molecular weight is 619 g/mol. The molecule has 2 aliphatic heterocycles. The largest absolute Gasteiger partial charge is 0.493 e. The Morgan fingerprint density at radius 3 is 2.33 bits per heavy atom.